The first-order valence-corrected chi connectivity index (χ1v) is 15.6. The summed E-state index contributed by atoms with van der Waals surface area (Å²) in [5.74, 6) is 1.64. The van der Waals surface area contributed by atoms with E-state index >= 15 is 4.39 Å². The molecular formula is C35H33F3N4O3. The molecule has 8 rings (SSSR count). The number of fused-ring (bicyclic) bond motifs is 5. The average molecular weight is 615 g/mol. The number of halogens is 3. The van der Waals surface area contributed by atoms with Gasteiger partial charge in [-0.25, -0.2) is 13.2 Å². The molecule has 0 spiro atoms. The maximum atomic E-state index is 16.8. The van der Waals surface area contributed by atoms with Crippen molar-refractivity contribution in [2.45, 2.75) is 49.9 Å². The minimum absolute atomic E-state index is 0.00771. The molecule has 45 heavy (non-hydrogen) atoms. The third kappa shape index (κ3) is 4.50. The topological polar surface area (TPSA) is 82.0 Å². The number of piperidine rings is 1. The molecule has 0 amide bonds. The lowest BCUT2D eigenvalue weighted by molar-refractivity contribution is 0.0790. The molecule has 4 fully saturated rings. The Morgan fingerprint density at radius 3 is 2.62 bits per heavy atom. The predicted octanol–water partition coefficient (Wildman–Crippen LogP) is 5.58. The summed E-state index contributed by atoms with van der Waals surface area (Å²) in [7, 11) is 0. The average Bonchev–Trinajstić information content (AvgIpc) is 3.60. The molecule has 3 saturated heterocycles. The van der Waals surface area contributed by atoms with Gasteiger partial charge in [0.1, 0.15) is 35.7 Å². The summed E-state index contributed by atoms with van der Waals surface area (Å²) in [5.41, 5.74) is -0.134. The standard InChI is InChI=1S/C35H33F3N4O3/c1-2-24-28(37)9-6-19-12-23(43)13-27(29(19)24)25-7-8-26-31(30(25)38)39-34(45-18-35-10-3-11-42(35)17-22(36)14-35)40-33(26)41-15-20-4-5-21(16-41)32(20)44/h1,6-9,12-13,20-22,32,43-44H,3-5,10-11,14-18H2/t20?,21?,22-,32?,35+/m1/s1. The highest BCUT2D eigenvalue weighted by Crippen LogP contribution is 2.44. The van der Waals surface area contributed by atoms with Crippen LogP contribution in [0.3, 0.4) is 0 Å². The monoisotopic (exact) mass is 614 g/mol. The van der Waals surface area contributed by atoms with Gasteiger partial charge in [-0.1, -0.05) is 18.1 Å². The van der Waals surface area contributed by atoms with E-state index in [1.165, 1.54) is 24.3 Å². The summed E-state index contributed by atoms with van der Waals surface area (Å²) < 4.78 is 52.3. The number of aromatic hydroxyl groups is 1. The first-order valence-electron chi connectivity index (χ1n) is 15.6. The molecule has 3 aliphatic heterocycles. The normalized spacial score (nSPS) is 27.8. The van der Waals surface area contributed by atoms with Crippen LogP contribution in [0.15, 0.2) is 36.4 Å². The van der Waals surface area contributed by atoms with Gasteiger partial charge in [0.15, 0.2) is 5.82 Å². The summed E-state index contributed by atoms with van der Waals surface area (Å²) in [6.07, 6.45) is 8.34. The van der Waals surface area contributed by atoms with E-state index in [0.717, 1.165) is 32.2 Å². The molecule has 4 atom stereocenters. The fourth-order valence-corrected chi connectivity index (χ4v) is 8.43. The SMILES string of the molecule is C#Cc1c(F)ccc2cc(O)cc(-c3ccc4c(N5CC6CCC(C5)C6O)nc(OC[C@@]56CCCN5C[C@H](F)C6)nc4c3F)c12. The Morgan fingerprint density at radius 1 is 1.04 bits per heavy atom. The van der Waals surface area contributed by atoms with Crippen LogP contribution in [0.4, 0.5) is 19.0 Å². The Hall–Kier alpha value is -4.07. The van der Waals surface area contributed by atoms with Crippen LogP contribution in [0, 0.1) is 35.8 Å². The fourth-order valence-electron chi connectivity index (χ4n) is 8.43. The molecule has 1 aliphatic carbocycles. The van der Waals surface area contributed by atoms with Crippen molar-refractivity contribution in [1.82, 2.24) is 14.9 Å². The van der Waals surface area contributed by atoms with Crippen molar-refractivity contribution in [3.05, 3.63) is 53.6 Å². The molecule has 2 bridgehead atoms. The number of phenols is 1. The van der Waals surface area contributed by atoms with Gasteiger partial charge < -0.3 is 19.8 Å². The Bertz CT molecular complexity index is 1880. The number of aliphatic hydroxyl groups is 1. The van der Waals surface area contributed by atoms with E-state index in [2.05, 4.69) is 20.7 Å². The molecule has 4 aliphatic rings. The maximum Gasteiger partial charge on any atom is 0.319 e. The Balaban J connectivity index is 1.28. The van der Waals surface area contributed by atoms with Crippen LogP contribution in [0.1, 0.15) is 37.7 Å². The van der Waals surface area contributed by atoms with Crippen molar-refractivity contribution in [2.75, 3.05) is 37.7 Å². The van der Waals surface area contributed by atoms with E-state index in [1.54, 1.807) is 12.1 Å². The van der Waals surface area contributed by atoms with Crippen molar-refractivity contribution >= 4 is 27.5 Å². The molecule has 4 aromatic rings. The number of terminal acetylenes is 1. The lowest BCUT2D eigenvalue weighted by Gasteiger charge is -2.36. The molecule has 7 nitrogen and oxygen atoms in total. The van der Waals surface area contributed by atoms with Crippen molar-refractivity contribution in [3.8, 4) is 35.2 Å². The van der Waals surface area contributed by atoms with Crippen LogP contribution in [-0.4, -0.2) is 75.7 Å². The highest BCUT2D eigenvalue weighted by atomic mass is 19.1. The number of hydrogen-bond donors (Lipinski definition) is 2. The Labute approximate surface area is 258 Å². The number of benzene rings is 3. The fraction of sp³-hybridized carbons (Fsp3) is 0.429. The number of anilines is 1. The maximum absolute atomic E-state index is 16.8. The molecular weight excluding hydrogens is 581 g/mol. The number of aromatic nitrogens is 2. The smallest absolute Gasteiger partial charge is 0.319 e. The minimum Gasteiger partial charge on any atom is -0.508 e. The molecule has 4 heterocycles. The number of phenolic OH excluding ortho intramolecular Hbond substituents is 1. The molecule has 2 unspecified atom stereocenters. The molecule has 232 valence electrons. The second-order valence-corrected chi connectivity index (χ2v) is 13.2. The third-order valence-corrected chi connectivity index (χ3v) is 10.6. The van der Waals surface area contributed by atoms with Gasteiger partial charge in [0, 0.05) is 54.2 Å². The Kier molecular flexibility index (Phi) is 6.63. The zero-order chi connectivity index (χ0) is 31.0. The van der Waals surface area contributed by atoms with Crippen LogP contribution in [0.2, 0.25) is 0 Å². The molecule has 2 N–H and O–H groups in total. The highest BCUT2D eigenvalue weighted by Gasteiger charge is 2.49. The second-order valence-electron chi connectivity index (χ2n) is 13.2. The quantitative estimate of drug-likeness (QED) is 0.284. The second kappa shape index (κ2) is 10.5. The number of rotatable bonds is 5. The zero-order valence-electron chi connectivity index (χ0n) is 24.6. The van der Waals surface area contributed by atoms with E-state index in [0.29, 0.717) is 48.0 Å². The lowest BCUT2D eigenvalue weighted by Crippen LogP contribution is -2.45. The number of ether oxygens (including phenoxy) is 1. The van der Waals surface area contributed by atoms with Gasteiger partial charge in [-0.05, 0) is 67.4 Å². The summed E-state index contributed by atoms with van der Waals surface area (Å²) in [5, 5.41) is 22.5. The van der Waals surface area contributed by atoms with Crippen LogP contribution >= 0.6 is 0 Å². The summed E-state index contributed by atoms with van der Waals surface area (Å²) in [6.45, 7) is 2.50. The highest BCUT2D eigenvalue weighted by molar-refractivity contribution is 6.04. The summed E-state index contributed by atoms with van der Waals surface area (Å²) in [6, 6.07) is 8.85. The van der Waals surface area contributed by atoms with Gasteiger partial charge in [-0.3, -0.25) is 4.90 Å². The number of alkyl halides is 1. The van der Waals surface area contributed by atoms with Crippen molar-refractivity contribution in [2.24, 2.45) is 11.8 Å². The van der Waals surface area contributed by atoms with Crippen molar-refractivity contribution < 1.29 is 28.1 Å². The van der Waals surface area contributed by atoms with E-state index in [4.69, 9.17) is 16.1 Å². The summed E-state index contributed by atoms with van der Waals surface area (Å²) >= 11 is 0. The van der Waals surface area contributed by atoms with E-state index in [9.17, 15) is 19.0 Å². The largest absolute Gasteiger partial charge is 0.508 e. The molecule has 1 aromatic heterocycles. The molecule has 0 radical (unpaired) electrons. The van der Waals surface area contributed by atoms with E-state index in [1.807, 2.05) is 0 Å². The lowest BCUT2D eigenvalue weighted by atomic mass is 9.92. The first kappa shape index (κ1) is 28.4. The number of aliphatic hydroxyl groups excluding tert-OH is 1. The third-order valence-electron chi connectivity index (χ3n) is 10.6. The van der Waals surface area contributed by atoms with Crippen LogP contribution in [0.25, 0.3) is 32.8 Å². The molecule has 10 heteroatoms. The van der Waals surface area contributed by atoms with Gasteiger partial charge in [0.25, 0.3) is 0 Å². The molecule has 3 aromatic carbocycles. The van der Waals surface area contributed by atoms with E-state index < -0.39 is 23.3 Å². The minimum atomic E-state index is -0.924. The van der Waals surface area contributed by atoms with E-state index in [-0.39, 0.29) is 58.5 Å². The van der Waals surface area contributed by atoms with Gasteiger partial charge in [0.2, 0.25) is 0 Å². The number of nitrogens with zero attached hydrogens (tertiary/aromatic N) is 4. The predicted molar refractivity (Wildman–Crippen MR) is 165 cm³/mol. The first-order chi connectivity index (χ1) is 21.7. The van der Waals surface area contributed by atoms with Gasteiger partial charge >= 0.3 is 6.01 Å². The Morgan fingerprint density at radius 2 is 1.84 bits per heavy atom. The van der Waals surface area contributed by atoms with Crippen molar-refractivity contribution in [3.63, 3.8) is 0 Å². The molecule has 1 saturated carbocycles. The van der Waals surface area contributed by atoms with Crippen molar-refractivity contribution in [1.29, 1.82) is 0 Å². The van der Waals surface area contributed by atoms with Gasteiger partial charge in [-0.2, -0.15) is 9.97 Å². The number of hydrogen-bond acceptors (Lipinski definition) is 7. The summed E-state index contributed by atoms with van der Waals surface area (Å²) in [4.78, 5) is 13.6. The van der Waals surface area contributed by atoms with Crippen LogP contribution < -0.4 is 9.64 Å². The van der Waals surface area contributed by atoms with Gasteiger partial charge in [0.05, 0.1) is 17.2 Å². The zero-order valence-corrected chi connectivity index (χ0v) is 24.6. The van der Waals surface area contributed by atoms with Crippen LogP contribution in [-0.2, 0) is 0 Å². The van der Waals surface area contributed by atoms with Crippen LogP contribution in [0.5, 0.6) is 11.8 Å². The van der Waals surface area contributed by atoms with Gasteiger partial charge in [-0.15, -0.1) is 6.42 Å².